The third kappa shape index (κ3) is 3.05. The third-order valence-corrected chi connectivity index (χ3v) is 2.95. The van der Waals surface area contributed by atoms with E-state index in [9.17, 15) is 9.50 Å². The SMILES string of the molecule is CC(C)(C)c1cc(F)c(Nc2ccccc2)cc1O. The lowest BCUT2D eigenvalue weighted by molar-refractivity contribution is 0.443. The first kappa shape index (κ1) is 13.4. The number of phenols is 1. The van der Waals surface area contributed by atoms with Crippen LogP contribution in [0, 0.1) is 5.82 Å². The van der Waals surface area contributed by atoms with Gasteiger partial charge in [-0.05, 0) is 23.6 Å². The van der Waals surface area contributed by atoms with E-state index >= 15 is 0 Å². The smallest absolute Gasteiger partial charge is 0.147 e. The predicted molar refractivity (Wildman–Crippen MR) is 76.5 cm³/mol. The normalized spacial score (nSPS) is 11.4. The molecule has 0 fully saturated rings. The first-order valence-electron chi connectivity index (χ1n) is 6.23. The fraction of sp³-hybridized carbons (Fsp3) is 0.250. The molecule has 0 aliphatic heterocycles. The second-order valence-electron chi connectivity index (χ2n) is 5.59. The second kappa shape index (κ2) is 4.92. The number of hydrogen-bond acceptors (Lipinski definition) is 2. The lowest BCUT2D eigenvalue weighted by Crippen LogP contribution is -2.12. The summed E-state index contributed by atoms with van der Waals surface area (Å²) in [6.07, 6.45) is 0. The summed E-state index contributed by atoms with van der Waals surface area (Å²) < 4.78 is 14.1. The fourth-order valence-corrected chi connectivity index (χ4v) is 1.94. The maximum atomic E-state index is 14.1. The van der Waals surface area contributed by atoms with Crippen LogP contribution >= 0.6 is 0 Å². The lowest BCUT2D eigenvalue weighted by Gasteiger charge is -2.21. The molecule has 0 atom stereocenters. The molecule has 0 unspecified atom stereocenters. The van der Waals surface area contributed by atoms with Crippen molar-refractivity contribution in [1.82, 2.24) is 0 Å². The zero-order valence-electron chi connectivity index (χ0n) is 11.4. The minimum atomic E-state index is -0.369. The van der Waals surface area contributed by atoms with E-state index in [1.54, 1.807) is 0 Å². The molecule has 2 rings (SSSR count). The summed E-state index contributed by atoms with van der Waals surface area (Å²) in [5.74, 6) is -0.265. The Balaban J connectivity index is 2.36. The van der Waals surface area contributed by atoms with Crippen molar-refractivity contribution in [3.05, 3.63) is 53.8 Å². The van der Waals surface area contributed by atoms with E-state index in [0.29, 0.717) is 5.56 Å². The molecule has 0 radical (unpaired) electrons. The summed E-state index contributed by atoms with van der Waals surface area (Å²) in [6.45, 7) is 5.81. The molecule has 3 heteroatoms. The molecule has 0 bridgehead atoms. The number of halogens is 1. The van der Waals surface area contributed by atoms with Crippen molar-refractivity contribution in [3.8, 4) is 5.75 Å². The van der Waals surface area contributed by atoms with Crippen LogP contribution in [0.1, 0.15) is 26.3 Å². The van der Waals surface area contributed by atoms with E-state index in [4.69, 9.17) is 0 Å². The summed E-state index contributed by atoms with van der Waals surface area (Å²) in [4.78, 5) is 0. The van der Waals surface area contributed by atoms with Crippen molar-refractivity contribution in [2.45, 2.75) is 26.2 Å². The van der Waals surface area contributed by atoms with Gasteiger partial charge in [-0.15, -0.1) is 0 Å². The highest BCUT2D eigenvalue weighted by Gasteiger charge is 2.20. The monoisotopic (exact) mass is 259 g/mol. The van der Waals surface area contributed by atoms with Gasteiger partial charge in [-0.2, -0.15) is 0 Å². The summed E-state index contributed by atoms with van der Waals surface area (Å²) in [5.41, 5.74) is 1.36. The Labute approximate surface area is 112 Å². The zero-order valence-corrected chi connectivity index (χ0v) is 11.4. The number of benzene rings is 2. The van der Waals surface area contributed by atoms with Gasteiger partial charge < -0.3 is 10.4 Å². The molecule has 0 saturated heterocycles. The van der Waals surface area contributed by atoms with Crippen LogP contribution in [-0.2, 0) is 5.41 Å². The maximum Gasteiger partial charge on any atom is 0.147 e. The van der Waals surface area contributed by atoms with Crippen LogP contribution in [-0.4, -0.2) is 5.11 Å². The molecule has 2 nitrogen and oxygen atoms in total. The van der Waals surface area contributed by atoms with Crippen molar-refractivity contribution < 1.29 is 9.50 Å². The van der Waals surface area contributed by atoms with E-state index in [1.165, 1.54) is 12.1 Å². The average Bonchev–Trinajstić information content (AvgIpc) is 2.33. The summed E-state index contributed by atoms with van der Waals surface area (Å²) >= 11 is 0. The molecule has 100 valence electrons. The van der Waals surface area contributed by atoms with Crippen molar-refractivity contribution in [3.63, 3.8) is 0 Å². The van der Waals surface area contributed by atoms with Gasteiger partial charge in [0.15, 0.2) is 0 Å². The van der Waals surface area contributed by atoms with Crippen molar-refractivity contribution >= 4 is 11.4 Å². The van der Waals surface area contributed by atoms with Crippen molar-refractivity contribution in [2.24, 2.45) is 0 Å². The Morgan fingerprint density at radius 1 is 1.05 bits per heavy atom. The number of rotatable bonds is 2. The Kier molecular flexibility index (Phi) is 3.47. The Hall–Kier alpha value is -2.03. The molecule has 0 aliphatic carbocycles. The highest BCUT2D eigenvalue weighted by molar-refractivity contribution is 5.63. The molecule has 0 heterocycles. The lowest BCUT2D eigenvalue weighted by atomic mass is 9.86. The minimum Gasteiger partial charge on any atom is -0.508 e. The largest absolute Gasteiger partial charge is 0.508 e. The third-order valence-electron chi connectivity index (χ3n) is 2.95. The molecule has 2 aromatic carbocycles. The van der Waals surface area contributed by atoms with Gasteiger partial charge in [-0.25, -0.2) is 4.39 Å². The quantitative estimate of drug-likeness (QED) is 0.827. The van der Waals surface area contributed by atoms with E-state index in [0.717, 1.165) is 5.69 Å². The van der Waals surface area contributed by atoms with Gasteiger partial charge in [0, 0.05) is 17.3 Å². The molecule has 2 N–H and O–H groups in total. The molecular weight excluding hydrogens is 241 g/mol. The second-order valence-corrected chi connectivity index (χ2v) is 5.59. The van der Waals surface area contributed by atoms with Crippen molar-refractivity contribution in [2.75, 3.05) is 5.32 Å². The molecule has 0 aromatic heterocycles. The van der Waals surface area contributed by atoms with Gasteiger partial charge in [-0.3, -0.25) is 0 Å². The summed E-state index contributed by atoms with van der Waals surface area (Å²) in [5, 5.41) is 13.0. The number of para-hydroxylation sites is 1. The first-order valence-corrected chi connectivity index (χ1v) is 6.23. The van der Waals surface area contributed by atoms with Crippen LogP contribution in [0.3, 0.4) is 0 Å². The van der Waals surface area contributed by atoms with E-state index in [2.05, 4.69) is 5.32 Å². The molecule has 0 saturated carbocycles. The standard InChI is InChI=1S/C16H18FNO/c1-16(2,3)12-9-13(17)14(10-15(12)19)18-11-7-5-4-6-8-11/h4-10,18-19H,1-3H3. The summed E-state index contributed by atoms with van der Waals surface area (Å²) in [7, 11) is 0. The highest BCUT2D eigenvalue weighted by Crippen LogP contribution is 2.35. The van der Waals surface area contributed by atoms with Gasteiger partial charge >= 0.3 is 0 Å². The molecule has 0 aliphatic rings. The first-order chi connectivity index (χ1) is 8.88. The fourth-order valence-electron chi connectivity index (χ4n) is 1.94. The van der Waals surface area contributed by atoms with Gasteiger partial charge in [0.25, 0.3) is 0 Å². The Morgan fingerprint density at radius 2 is 1.68 bits per heavy atom. The molecule has 0 amide bonds. The number of hydrogen-bond donors (Lipinski definition) is 2. The number of aromatic hydroxyl groups is 1. The van der Waals surface area contributed by atoms with E-state index < -0.39 is 0 Å². The number of phenolic OH excluding ortho intramolecular Hbond substituents is 1. The van der Waals surface area contributed by atoms with Crippen LogP contribution in [0.4, 0.5) is 15.8 Å². The summed E-state index contributed by atoms with van der Waals surface area (Å²) in [6, 6.07) is 12.1. The van der Waals surface area contributed by atoms with Gasteiger partial charge in [0.2, 0.25) is 0 Å². The molecule has 0 spiro atoms. The highest BCUT2D eigenvalue weighted by atomic mass is 19.1. The number of anilines is 2. The van der Waals surface area contributed by atoms with Crippen LogP contribution in [0.15, 0.2) is 42.5 Å². The Morgan fingerprint density at radius 3 is 2.26 bits per heavy atom. The minimum absolute atomic E-state index is 0.104. The topological polar surface area (TPSA) is 32.3 Å². The van der Waals surface area contributed by atoms with Crippen LogP contribution in [0.2, 0.25) is 0 Å². The van der Waals surface area contributed by atoms with Crippen molar-refractivity contribution in [1.29, 1.82) is 0 Å². The molecule has 2 aromatic rings. The van der Waals surface area contributed by atoms with E-state index in [-0.39, 0.29) is 22.7 Å². The van der Waals surface area contributed by atoms with Gasteiger partial charge in [0.1, 0.15) is 11.6 Å². The van der Waals surface area contributed by atoms with E-state index in [1.807, 2.05) is 51.1 Å². The van der Waals surface area contributed by atoms with Crippen LogP contribution < -0.4 is 5.32 Å². The zero-order chi connectivity index (χ0) is 14.0. The van der Waals surface area contributed by atoms with Gasteiger partial charge in [-0.1, -0.05) is 39.0 Å². The Bertz CT molecular complexity index is 573. The number of nitrogens with one attached hydrogen (secondary N) is 1. The predicted octanol–water partition coefficient (Wildman–Crippen LogP) is 4.57. The molecular formula is C16H18FNO. The van der Waals surface area contributed by atoms with Crippen LogP contribution in [0.5, 0.6) is 5.75 Å². The van der Waals surface area contributed by atoms with Crippen LogP contribution in [0.25, 0.3) is 0 Å². The van der Waals surface area contributed by atoms with Gasteiger partial charge in [0.05, 0.1) is 5.69 Å². The maximum absolute atomic E-state index is 14.1. The molecule has 19 heavy (non-hydrogen) atoms. The average molecular weight is 259 g/mol.